The van der Waals surface area contributed by atoms with Gasteiger partial charge in [0.1, 0.15) is 11.3 Å². The third-order valence-electron chi connectivity index (χ3n) is 2.32. The maximum atomic E-state index is 11.0. The number of hydrogen-bond donors (Lipinski definition) is 2. The molecule has 96 valence electrons. The summed E-state index contributed by atoms with van der Waals surface area (Å²) in [6, 6.07) is 8.45. The van der Waals surface area contributed by atoms with Crippen LogP contribution >= 0.6 is 0 Å². The summed E-state index contributed by atoms with van der Waals surface area (Å²) in [5.41, 5.74) is 0.0524. The Morgan fingerprint density at radius 3 is 2.26 bits per heavy atom. The monoisotopic (exact) mass is 259 g/mol. The maximum Gasteiger partial charge on any atom is 0.341 e. The fraction of sp³-hybridized carbons (Fsp3) is 0. The van der Waals surface area contributed by atoms with Crippen molar-refractivity contribution in [2.75, 3.05) is 0 Å². The number of aromatic carboxylic acids is 2. The van der Waals surface area contributed by atoms with Gasteiger partial charge in [-0.2, -0.15) is 0 Å². The first-order valence-electron chi connectivity index (χ1n) is 5.27. The van der Waals surface area contributed by atoms with Crippen LogP contribution in [0.4, 0.5) is 0 Å². The van der Waals surface area contributed by atoms with E-state index in [4.69, 9.17) is 14.9 Å². The van der Waals surface area contributed by atoms with E-state index in [-0.39, 0.29) is 17.0 Å². The number of hydrogen-bond acceptors (Lipinski definition) is 4. The SMILES string of the molecule is O=C(O)c1ccc(Oc2ncccc2C(=O)O)cc1. The van der Waals surface area contributed by atoms with Crippen LogP contribution in [-0.2, 0) is 0 Å². The summed E-state index contributed by atoms with van der Waals surface area (Å²) in [5, 5.41) is 17.7. The molecule has 6 nitrogen and oxygen atoms in total. The maximum absolute atomic E-state index is 11.0. The van der Waals surface area contributed by atoms with E-state index >= 15 is 0 Å². The summed E-state index contributed by atoms with van der Waals surface area (Å²) in [7, 11) is 0. The average molecular weight is 259 g/mol. The molecule has 1 aromatic carbocycles. The van der Waals surface area contributed by atoms with E-state index in [0.717, 1.165) is 0 Å². The Bertz CT molecular complexity index is 621. The highest BCUT2D eigenvalue weighted by atomic mass is 16.5. The number of carbonyl (C=O) groups is 2. The quantitative estimate of drug-likeness (QED) is 0.874. The molecule has 0 fully saturated rings. The summed E-state index contributed by atoms with van der Waals surface area (Å²) in [6.45, 7) is 0. The standard InChI is InChI=1S/C13H9NO5/c15-12(16)8-3-5-9(6-4-8)19-11-10(13(17)18)2-1-7-14-11/h1-7H,(H,15,16)(H,17,18). The zero-order chi connectivity index (χ0) is 13.8. The second-order valence-electron chi connectivity index (χ2n) is 3.59. The Morgan fingerprint density at radius 2 is 1.68 bits per heavy atom. The molecule has 0 amide bonds. The average Bonchev–Trinajstić information content (AvgIpc) is 2.39. The Labute approximate surface area is 107 Å². The first kappa shape index (κ1) is 12.6. The molecule has 0 atom stereocenters. The number of pyridine rings is 1. The van der Waals surface area contributed by atoms with Gasteiger partial charge in [-0.1, -0.05) is 0 Å². The van der Waals surface area contributed by atoms with Crippen molar-refractivity contribution in [2.24, 2.45) is 0 Å². The normalized spacial score (nSPS) is 9.89. The minimum Gasteiger partial charge on any atom is -0.478 e. The Morgan fingerprint density at radius 1 is 1.00 bits per heavy atom. The number of rotatable bonds is 4. The van der Waals surface area contributed by atoms with Gasteiger partial charge < -0.3 is 14.9 Å². The highest BCUT2D eigenvalue weighted by molar-refractivity contribution is 5.90. The molecule has 0 saturated carbocycles. The van der Waals surface area contributed by atoms with Crippen LogP contribution in [0.5, 0.6) is 11.6 Å². The van der Waals surface area contributed by atoms with E-state index < -0.39 is 11.9 Å². The van der Waals surface area contributed by atoms with Crippen molar-refractivity contribution in [1.82, 2.24) is 4.98 Å². The molecule has 1 heterocycles. The second-order valence-corrected chi connectivity index (χ2v) is 3.59. The van der Waals surface area contributed by atoms with Crippen molar-refractivity contribution in [3.63, 3.8) is 0 Å². The van der Waals surface area contributed by atoms with Gasteiger partial charge in [-0.05, 0) is 36.4 Å². The van der Waals surface area contributed by atoms with E-state index in [2.05, 4.69) is 4.98 Å². The topological polar surface area (TPSA) is 96.7 Å². The van der Waals surface area contributed by atoms with Gasteiger partial charge in [0.2, 0.25) is 5.88 Å². The zero-order valence-corrected chi connectivity index (χ0v) is 9.61. The zero-order valence-electron chi connectivity index (χ0n) is 9.61. The fourth-order valence-corrected chi connectivity index (χ4v) is 1.41. The molecule has 6 heteroatoms. The van der Waals surface area contributed by atoms with Gasteiger partial charge in [-0.15, -0.1) is 0 Å². The van der Waals surface area contributed by atoms with E-state index in [0.29, 0.717) is 5.75 Å². The first-order valence-corrected chi connectivity index (χ1v) is 5.27. The minimum absolute atomic E-state index is 0.0434. The summed E-state index contributed by atoms with van der Waals surface area (Å²) in [6.07, 6.45) is 1.41. The predicted molar refractivity (Wildman–Crippen MR) is 64.7 cm³/mol. The second kappa shape index (κ2) is 5.18. The van der Waals surface area contributed by atoms with Gasteiger partial charge in [0.25, 0.3) is 0 Å². The van der Waals surface area contributed by atoms with Gasteiger partial charge in [0, 0.05) is 6.20 Å². The molecule has 0 unspecified atom stereocenters. The number of carboxylic acids is 2. The number of benzene rings is 1. The molecule has 2 rings (SSSR count). The number of carboxylic acid groups (broad SMARTS) is 2. The van der Waals surface area contributed by atoms with Crippen LogP contribution in [0.15, 0.2) is 42.6 Å². The van der Waals surface area contributed by atoms with Crippen LogP contribution in [0.25, 0.3) is 0 Å². The molecule has 0 aliphatic heterocycles. The first-order chi connectivity index (χ1) is 9.08. The van der Waals surface area contributed by atoms with E-state index in [1.807, 2.05) is 0 Å². The molecule has 1 aromatic heterocycles. The van der Waals surface area contributed by atoms with Gasteiger partial charge in [0.05, 0.1) is 5.56 Å². The molecule has 0 aliphatic rings. The summed E-state index contributed by atoms with van der Waals surface area (Å²) in [5.74, 6) is -1.93. The lowest BCUT2D eigenvalue weighted by Gasteiger charge is -2.07. The van der Waals surface area contributed by atoms with Crippen molar-refractivity contribution in [2.45, 2.75) is 0 Å². The van der Waals surface area contributed by atoms with E-state index in [1.165, 1.54) is 42.6 Å². The van der Waals surface area contributed by atoms with Crippen molar-refractivity contribution in [1.29, 1.82) is 0 Å². The summed E-state index contributed by atoms with van der Waals surface area (Å²) >= 11 is 0. The molecule has 2 N–H and O–H groups in total. The number of ether oxygens (including phenoxy) is 1. The highest BCUT2D eigenvalue weighted by Gasteiger charge is 2.12. The van der Waals surface area contributed by atoms with Crippen molar-refractivity contribution >= 4 is 11.9 Å². The van der Waals surface area contributed by atoms with Crippen LogP contribution in [0.2, 0.25) is 0 Å². The third kappa shape index (κ3) is 2.86. The van der Waals surface area contributed by atoms with Crippen molar-refractivity contribution < 1.29 is 24.5 Å². The molecule has 0 aliphatic carbocycles. The van der Waals surface area contributed by atoms with Crippen molar-refractivity contribution in [3.8, 4) is 11.6 Å². The predicted octanol–water partition coefficient (Wildman–Crippen LogP) is 2.27. The Hall–Kier alpha value is -2.89. The van der Waals surface area contributed by atoms with Crippen LogP contribution in [-0.4, -0.2) is 27.1 Å². The highest BCUT2D eigenvalue weighted by Crippen LogP contribution is 2.23. The molecular formula is C13H9NO5. The van der Waals surface area contributed by atoms with Crippen LogP contribution in [0.3, 0.4) is 0 Å². The summed E-state index contributed by atoms with van der Waals surface area (Å²) in [4.78, 5) is 25.5. The molecule has 0 bridgehead atoms. The van der Waals surface area contributed by atoms with Gasteiger partial charge in [0.15, 0.2) is 0 Å². The lowest BCUT2D eigenvalue weighted by Crippen LogP contribution is -2.01. The fourth-order valence-electron chi connectivity index (χ4n) is 1.41. The molecule has 2 aromatic rings. The molecule has 19 heavy (non-hydrogen) atoms. The van der Waals surface area contributed by atoms with Crippen molar-refractivity contribution in [3.05, 3.63) is 53.7 Å². The Kier molecular flexibility index (Phi) is 3.42. The number of nitrogens with zero attached hydrogens (tertiary/aromatic N) is 1. The molecule has 0 saturated heterocycles. The Balaban J connectivity index is 2.26. The van der Waals surface area contributed by atoms with Gasteiger partial charge in [-0.25, -0.2) is 14.6 Å². The number of aromatic nitrogens is 1. The van der Waals surface area contributed by atoms with Gasteiger partial charge >= 0.3 is 11.9 Å². The lowest BCUT2D eigenvalue weighted by atomic mass is 10.2. The van der Waals surface area contributed by atoms with E-state index in [1.54, 1.807) is 0 Å². The molecule has 0 radical (unpaired) electrons. The lowest BCUT2D eigenvalue weighted by molar-refractivity contribution is 0.0684. The van der Waals surface area contributed by atoms with Crippen LogP contribution < -0.4 is 4.74 Å². The van der Waals surface area contributed by atoms with Crippen LogP contribution in [0, 0.1) is 0 Å². The van der Waals surface area contributed by atoms with Crippen LogP contribution in [0.1, 0.15) is 20.7 Å². The summed E-state index contributed by atoms with van der Waals surface area (Å²) < 4.78 is 5.32. The minimum atomic E-state index is -1.15. The molecule has 0 spiro atoms. The molecular weight excluding hydrogens is 250 g/mol. The van der Waals surface area contributed by atoms with Gasteiger partial charge in [-0.3, -0.25) is 0 Å². The largest absolute Gasteiger partial charge is 0.478 e. The third-order valence-corrected chi connectivity index (χ3v) is 2.32. The van der Waals surface area contributed by atoms with E-state index in [9.17, 15) is 9.59 Å². The smallest absolute Gasteiger partial charge is 0.341 e.